The number of aryl methyl sites for hydroxylation is 3. The summed E-state index contributed by atoms with van der Waals surface area (Å²) in [5, 5.41) is 2.45. The second kappa shape index (κ2) is 6.03. The number of hydrogen-bond donors (Lipinski definition) is 1. The van der Waals surface area contributed by atoms with Crippen molar-refractivity contribution < 1.29 is 4.57 Å². The number of nitrogen functional groups attached to an aromatic ring is 1. The van der Waals surface area contributed by atoms with Crippen molar-refractivity contribution in [2.45, 2.75) is 20.8 Å². The topological polar surface area (TPSA) is 42.8 Å². The van der Waals surface area contributed by atoms with Gasteiger partial charge in [0.05, 0.1) is 5.69 Å². The lowest BCUT2D eigenvalue weighted by Gasteiger charge is -2.11. The molecule has 0 aliphatic rings. The van der Waals surface area contributed by atoms with Crippen LogP contribution in [0.5, 0.6) is 0 Å². The van der Waals surface area contributed by atoms with Crippen LogP contribution < -0.4 is 10.3 Å². The molecule has 0 spiro atoms. The van der Waals surface area contributed by atoms with Crippen LogP contribution in [0, 0.1) is 20.8 Å². The molecule has 2 N–H and O–H groups in total. The van der Waals surface area contributed by atoms with Crippen LogP contribution in [0.4, 0.5) is 5.69 Å². The SMILES string of the molecule is Cc1cc(N)c2nc3c(C)ccc(C)c3[n+](-c3ccc4ccccc4c3)c2c1. The lowest BCUT2D eigenvalue weighted by molar-refractivity contribution is -0.538. The summed E-state index contributed by atoms with van der Waals surface area (Å²) in [5.41, 5.74) is 15.7. The normalized spacial score (nSPS) is 11.5. The molecule has 5 aromatic rings. The van der Waals surface area contributed by atoms with E-state index in [2.05, 4.69) is 86.0 Å². The lowest BCUT2D eigenvalue weighted by Crippen LogP contribution is -2.34. The number of nitrogens with two attached hydrogens (primary N) is 1. The maximum Gasteiger partial charge on any atom is 0.240 e. The Morgan fingerprint density at radius 3 is 2.32 bits per heavy atom. The van der Waals surface area contributed by atoms with Gasteiger partial charge in [-0.1, -0.05) is 36.4 Å². The highest BCUT2D eigenvalue weighted by molar-refractivity contribution is 5.92. The third-order valence-corrected chi connectivity index (χ3v) is 5.50. The molecule has 0 saturated carbocycles. The highest BCUT2D eigenvalue weighted by Crippen LogP contribution is 2.27. The third kappa shape index (κ3) is 2.43. The summed E-state index contributed by atoms with van der Waals surface area (Å²) in [6, 6.07) is 23.5. The van der Waals surface area contributed by atoms with E-state index in [1.165, 1.54) is 16.3 Å². The average Bonchev–Trinajstić information content (AvgIpc) is 2.69. The van der Waals surface area contributed by atoms with E-state index < -0.39 is 0 Å². The molecule has 0 aliphatic carbocycles. The van der Waals surface area contributed by atoms with E-state index in [0.717, 1.165) is 38.9 Å². The predicted molar refractivity (Wildman–Crippen MR) is 117 cm³/mol. The van der Waals surface area contributed by atoms with Gasteiger partial charge in [-0.05, 0) is 54.8 Å². The average molecular weight is 364 g/mol. The summed E-state index contributed by atoms with van der Waals surface area (Å²) in [5.74, 6) is 0. The van der Waals surface area contributed by atoms with E-state index in [1.54, 1.807) is 0 Å². The zero-order valence-electron chi connectivity index (χ0n) is 16.3. The fourth-order valence-corrected chi connectivity index (χ4v) is 4.10. The van der Waals surface area contributed by atoms with Gasteiger partial charge in [-0.25, -0.2) is 4.98 Å². The Bertz CT molecular complexity index is 1400. The smallest absolute Gasteiger partial charge is 0.240 e. The van der Waals surface area contributed by atoms with E-state index in [0.29, 0.717) is 5.69 Å². The third-order valence-electron chi connectivity index (χ3n) is 5.50. The van der Waals surface area contributed by atoms with Gasteiger partial charge in [0.1, 0.15) is 5.52 Å². The molecule has 4 aromatic carbocycles. The van der Waals surface area contributed by atoms with Crippen molar-refractivity contribution in [3.63, 3.8) is 0 Å². The van der Waals surface area contributed by atoms with Gasteiger partial charge in [0.25, 0.3) is 0 Å². The van der Waals surface area contributed by atoms with Gasteiger partial charge in [-0.15, -0.1) is 4.57 Å². The van der Waals surface area contributed by atoms with E-state index in [4.69, 9.17) is 10.7 Å². The molecule has 28 heavy (non-hydrogen) atoms. The van der Waals surface area contributed by atoms with Crippen molar-refractivity contribution in [2.75, 3.05) is 5.73 Å². The molecular formula is C25H22N3+. The molecular weight excluding hydrogens is 342 g/mol. The first-order chi connectivity index (χ1) is 13.5. The van der Waals surface area contributed by atoms with Gasteiger partial charge >= 0.3 is 0 Å². The molecule has 0 aliphatic heterocycles. The Morgan fingerprint density at radius 1 is 0.750 bits per heavy atom. The minimum atomic E-state index is 0.715. The van der Waals surface area contributed by atoms with Crippen LogP contribution in [-0.2, 0) is 0 Å². The van der Waals surface area contributed by atoms with E-state index in [9.17, 15) is 0 Å². The van der Waals surface area contributed by atoms with Crippen molar-refractivity contribution in [1.82, 2.24) is 4.98 Å². The standard InChI is InChI=1S/C25H21N3/c1-15-12-21(26)24-22(13-15)28(25-17(3)9-8-16(2)23(25)27-24)20-11-10-18-6-4-5-7-19(18)14-20/h4-14,26H,1-3H3/p+1. The first kappa shape index (κ1) is 16.7. The molecule has 0 radical (unpaired) electrons. The van der Waals surface area contributed by atoms with Crippen molar-refractivity contribution in [2.24, 2.45) is 0 Å². The van der Waals surface area contributed by atoms with Crippen LogP contribution in [0.3, 0.4) is 0 Å². The molecule has 0 saturated heterocycles. The number of aromatic nitrogens is 2. The monoisotopic (exact) mass is 364 g/mol. The van der Waals surface area contributed by atoms with Crippen molar-refractivity contribution in [3.05, 3.63) is 83.4 Å². The number of anilines is 1. The highest BCUT2D eigenvalue weighted by atomic mass is 15.0. The largest absolute Gasteiger partial charge is 0.397 e. The van der Waals surface area contributed by atoms with Gasteiger partial charge < -0.3 is 5.73 Å². The van der Waals surface area contributed by atoms with Crippen LogP contribution in [0.2, 0.25) is 0 Å². The van der Waals surface area contributed by atoms with Crippen LogP contribution >= 0.6 is 0 Å². The van der Waals surface area contributed by atoms with Gasteiger partial charge in [-0.2, -0.15) is 0 Å². The maximum absolute atomic E-state index is 6.40. The lowest BCUT2D eigenvalue weighted by atomic mass is 10.1. The van der Waals surface area contributed by atoms with Crippen molar-refractivity contribution >= 4 is 38.5 Å². The first-order valence-electron chi connectivity index (χ1n) is 9.54. The van der Waals surface area contributed by atoms with Gasteiger partial charge in [0.2, 0.25) is 16.7 Å². The van der Waals surface area contributed by atoms with Gasteiger partial charge in [0, 0.05) is 23.8 Å². The number of rotatable bonds is 1. The summed E-state index contributed by atoms with van der Waals surface area (Å²) >= 11 is 0. The van der Waals surface area contributed by atoms with Crippen LogP contribution in [-0.4, -0.2) is 4.98 Å². The molecule has 0 bridgehead atoms. The number of fused-ring (bicyclic) bond motifs is 3. The molecule has 0 atom stereocenters. The second-order valence-corrected chi connectivity index (χ2v) is 7.60. The summed E-state index contributed by atoms with van der Waals surface area (Å²) in [4.78, 5) is 4.98. The summed E-state index contributed by atoms with van der Waals surface area (Å²) in [6.45, 7) is 6.33. The van der Waals surface area contributed by atoms with E-state index in [-0.39, 0.29) is 0 Å². The van der Waals surface area contributed by atoms with E-state index in [1.807, 2.05) is 6.07 Å². The number of hydrogen-bond acceptors (Lipinski definition) is 2. The predicted octanol–water partition coefficient (Wildman–Crippen LogP) is 5.33. The van der Waals surface area contributed by atoms with Gasteiger partial charge in [0.15, 0.2) is 5.52 Å². The molecule has 0 fully saturated rings. The molecule has 0 amide bonds. The summed E-state index contributed by atoms with van der Waals surface area (Å²) in [6.07, 6.45) is 0. The molecule has 3 nitrogen and oxygen atoms in total. The number of nitrogens with zero attached hydrogens (tertiary/aromatic N) is 2. The summed E-state index contributed by atoms with van der Waals surface area (Å²) in [7, 11) is 0. The van der Waals surface area contributed by atoms with E-state index >= 15 is 0 Å². The van der Waals surface area contributed by atoms with Crippen molar-refractivity contribution in [3.8, 4) is 5.69 Å². The van der Waals surface area contributed by atoms with Crippen LogP contribution in [0.15, 0.2) is 66.7 Å². The Labute approximate surface area is 164 Å². The molecule has 136 valence electrons. The molecule has 1 heterocycles. The minimum Gasteiger partial charge on any atom is -0.397 e. The Balaban J connectivity index is 2.03. The summed E-state index contributed by atoms with van der Waals surface area (Å²) < 4.78 is 2.32. The molecule has 3 heteroatoms. The highest BCUT2D eigenvalue weighted by Gasteiger charge is 2.24. The molecule has 1 aromatic heterocycles. The van der Waals surface area contributed by atoms with Gasteiger partial charge in [-0.3, -0.25) is 0 Å². The second-order valence-electron chi connectivity index (χ2n) is 7.60. The molecule has 0 unspecified atom stereocenters. The maximum atomic E-state index is 6.40. The fraction of sp³-hybridized carbons (Fsp3) is 0.120. The number of benzene rings is 4. The van der Waals surface area contributed by atoms with Crippen molar-refractivity contribution in [1.29, 1.82) is 0 Å². The van der Waals surface area contributed by atoms with Crippen LogP contribution in [0.25, 0.3) is 38.5 Å². The Hall–Kier alpha value is -3.46. The minimum absolute atomic E-state index is 0.715. The first-order valence-corrected chi connectivity index (χ1v) is 9.54. The zero-order chi connectivity index (χ0) is 19.4. The quantitative estimate of drug-likeness (QED) is 0.248. The molecule has 5 rings (SSSR count). The Kier molecular flexibility index (Phi) is 3.59. The van der Waals surface area contributed by atoms with Crippen LogP contribution in [0.1, 0.15) is 16.7 Å². The zero-order valence-corrected chi connectivity index (χ0v) is 16.3. The Morgan fingerprint density at radius 2 is 1.50 bits per heavy atom. The fourth-order valence-electron chi connectivity index (χ4n) is 4.10.